The molecule has 5 rings (SSSR count). The van der Waals surface area contributed by atoms with Crippen LogP contribution >= 0.6 is 0 Å². The minimum Gasteiger partial charge on any atom is -0.404 e. The van der Waals surface area contributed by atoms with Crippen LogP contribution in [0.3, 0.4) is 0 Å². The smallest absolute Gasteiger partial charge is 0.364 e. The monoisotopic (exact) mass is 358 g/mol. The number of hydrogen-bond donors (Lipinski definition) is 3. The Morgan fingerprint density at radius 2 is 1.96 bits per heavy atom. The molecule has 0 spiro atoms. The number of esters is 1. The van der Waals surface area contributed by atoms with E-state index < -0.39 is 24.1 Å². The molecule has 1 saturated heterocycles. The Bertz CT molecular complexity index is 935. The molecule has 4 unspecified atom stereocenters. The Morgan fingerprint density at radius 3 is 2.81 bits per heavy atom. The SMILES string of the molecule is O=C1Oc2c3c4c(cccc4n2OC(=O)C(O)C1O)C1CCCNC1C3. The van der Waals surface area contributed by atoms with Gasteiger partial charge in [-0.3, -0.25) is 0 Å². The standard InChI is InChI=1S/C18H18N2O6/c21-14-15(22)18(24)26-20-12-5-1-3-9-8-4-2-6-19-11(8)7-10(13(9)12)16(20)25-17(14)23/h1,3,5,8,11,14-15,19,21-22H,2,4,6-7H2. The van der Waals surface area contributed by atoms with Gasteiger partial charge in [-0.15, -0.1) is 4.73 Å². The van der Waals surface area contributed by atoms with Crippen molar-refractivity contribution in [2.75, 3.05) is 6.54 Å². The number of carbonyl (C=O) groups excluding carboxylic acids is 2. The van der Waals surface area contributed by atoms with Gasteiger partial charge in [-0.1, -0.05) is 12.1 Å². The number of aliphatic hydroxyl groups is 2. The molecule has 8 heteroatoms. The maximum Gasteiger partial charge on any atom is 0.364 e. The third-order valence-corrected chi connectivity index (χ3v) is 5.61. The largest absolute Gasteiger partial charge is 0.404 e. The van der Waals surface area contributed by atoms with Crippen molar-refractivity contribution in [3.05, 3.63) is 29.3 Å². The first-order valence-electron chi connectivity index (χ1n) is 8.76. The number of benzene rings is 1. The molecular formula is C18H18N2O6. The molecule has 2 aromatic rings. The van der Waals surface area contributed by atoms with Crippen molar-refractivity contribution in [2.24, 2.45) is 0 Å². The van der Waals surface area contributed by atoms with Crippen LogP contribution in [0.4, 0.5) is 0 Å². The maximum atomic E-state index is 12.1. The highest BCUT2D eigenvalue weighted by Crippen LogP contribution is 2.45. The van der Waals surface area contributed by atoms with Gasteiger partial charge in [0.1, 0.15) is 0 Å². The number of nitrogens with one attached hydrogen (secondary N) is 1. The second-order valence-electron chi connectivity index (χ2n) is 7.05. The second kappa shape index (κ2) is 5.54. The van der Waals surface area contributed by atoms with Gasteiger partial charge in [-0.2, -0.15) is 0 Å². The normalized spacial score (nSPS) is 30.7. The average Bonchev–Trinajstić information content (AvgIpc) is 2.94. The van der Waals surface area contributed by atoms with Crippen molar-refractivity contribution in [1.29, 1.82) is 0 Å². The molecule has 4 atom stereocenters. The Morgan fingerprint density at radius 1 is 1.15 bits per heavy atom. The summed E-state index contributed by atoms with van der Waals surface area (Å²) in [5.41, 5.74) is 2.52. The van der Waals surface area contributed by atoms with E-state index in [2.05, 4.69) is 11.4 Å². The van der Waals surface area contributed by atoms with E-state index in [9.17, 15) is 19.8 Å². The van der Waals surface area contributed by atoms with Crippen molar-refractivity contribution < 1.29 is 29.4 Å². The molecular weight excluding hydrogens is 340 g/mol. The van der Waals surface area contributed by atoms with E-state index in [1.165, 1.54) is 4.73 Å². The number of rotatable bonds is 0. The van der Waals surface area contributed by atoms with Crippen molar-refractivity contribution in [3.63, 3.8) is 0 Å². The van der Waals surface area contributed by atoms with Gasteiger partial charge < -0.3 is 25.1 Å². The first-order valence-corrected chi connectivity index (χ1v) is 8.76. The molecule has 3 heterocycles. The van der Waals surface area contributed by atoms with E-state index in [0.717, 1.165) is 35.9 Å². The van der Waals surface area contributed by atoms with Gasteiger partial charge in [0, 0.05) is 22.9 Å². The number of aliphatic hydroxyl groups excluding tert-OH is 2. The molecule has 3 N–H and O–H groups in total. The molecule has 0 amide bonds. The van der Waals surface area contributed by atoms with Gasteiger partial charge in [0.2, 0.25) is 5.88 Å². The summed E-state index contributed by atoms with van der Waals surface area (Å²) in [7, 11) is 0. The Hall–Kier alpha value is -2.42. The number of aromatic nitrogens is 1. The van der Waals surface area contributed by atoms with Gasteiger partial charge in [0.15, 0.2) is 12.2 Å². The van der Waals surface area contributed by atoms with Crippen molar-refractivity contribution >= 4 is 22.8 Å². The Labute approximate surface area is 148 Å². The van der Waals surface area contributed by atoms with E-state index in [4.69, 9.17) is 9.57 Å². The molecule has 0 saturated carbocycles. The molecule has 1 aliphatic carbocycles. The minimum absolute atomic E-state index is 0.0996. The summed E-state index contributed by atoms with van der Waals surface area (Å²) in [6.45, 7) is 0.933. The lowest BCUT2D eigenvalue weighted by molar-refractivity contribution is -0.173. The summed E-state index contributed by atoms with van der Waals surface area (Å²) in [5, 5.41) is 24.0. The highest BCUT2D eigenvalue weighted by atomic mass is 16.7. The zero-order valence-corrected chi connectivity index (χ0v) is 13.8. The van der Waals surface area contributed by atoms with E-state index in [1.807, 2.05) is 6.07 Å². The van der Waals surface area contributed by atoms with Crippen LogP contribution in [0, 0.1) is 0 Å². The van der Waals surface area contributed by atoms with Gasteiger partial charge in [-0.05, 0) is 37.4 Å². The fourth-order valence-corrected chi connectivity index (χ4v) is 4.40. The number of piperidine rings is 1. The number of ether oxygens (including phenoxy) is 1. The number of carbonyl (C=O) groups is 2. The molecule has 2 aliphatic heterocycles. The fourth-order valence-electron chi connectivity index (χ4n) is 4.40. The van der Waals surface area contributed by atoms with Crippen LogP contribution in [0.5, 0.6) is 5.88 Å². The van der Waals surface area contributed by atoms with E-state index in [-0.39, 0.29) is 11.9 Å². The minimum atomic E-state index is -1.99. The zero-order chi connectivity index (χ0) is 18.0. The summed E-state index contributed by atoms with van der Waals surface area (Å²) in [5.74, 6) is -1.73. The van der Waals surface area contributed by atoms with Crippen LogP contribution in [0.25, 0.3) is 10.9 Å². The molecule has 1 fully saturated rings. The lowest BCUT2D eigenvalue weighted by Gasteiger charge is -2.36. The van der Waals surface area contributed by atoms with Crippen LogP contribution < -0.4 is 14.9 Å². The first-order chi connectivity index (χ1) is 12.6. The Balaban J connectivity index is 1.75. The molecule has 26 heavy (non-hydrogen) atoms. The Kier molecular flexibility index (Phi) is 3.37. The summed E-state index contributed by atoms with van der Waals surface area (Å²) < 4.78 is 6.52. The molecule has 1 aromatic heterocycles. The summed E-state index contributed by atoms with van der Waals surface area (Å²) in [6, 6.07) is 5.93. The van der Waals surface area contributed by atoms with Crippen LogP contribution in [0.2, 0.25) is 0 Å². The molecule has 136 valence electrons. The van der Waals surface area contributed by atoms with Crippen molar-refractivity contribution in [2.45, 2.75) is 43.4 Å². The predicted octanol–water partition coefficient (Wildman–Crippen LogP) is -0.371. The third kappa shape index (κ3) is 2.06. The number of hydrogen-bond acceptors (Lipinski definition) is 7. The summed E-state index contributed by atoms with van der Waals surface area (Å²) in [6.07, 6.45) is -1.19. The highest BCUT2D eigenvalue weighted by Gasteiger charge is 2.42. The second-order valence-corrected chi connectivity index (χ2v) is 7.05. The molecule has 1 aromatic carbocycles. The molecule has 0 radical (unpaired) electrons. The number of fused-ring (bicyclic) bond motifs is 5. The lowest BCUT2D eigenvalue weighted by atomic mass is 9.76. The van der Waals surface area contributed by atoms with Crippen LogP contribution in [0.1, 0.15) is 29.9 Å². The molecule has 8 nitrogen and oxygen atoms in total. The number of nitrogens with zero attached hydrogens (tertiary/aromatic N) is 1. The third-order valence-electron chi connectivity index (χ3n) is 5.61. The van der Waals surface area contributed by atoms with E-state index in [0.29, 0.717) is 17.9 Å². The highest BCUT2D eigenvalue weighted by molar-refractivity contribution is 5.95. The van der Waals surface area contributed by atoms with Gasteiger partial charge in [0.05, 0.1) is 5.52 Å². The lowest BCUT2D eigenvalue weighted by Crippen LogP contribution is -2.47. The topological polar surface area (TPSA) is 110 Å². The van der Waals surface area contributed by atoms with Crippen molar-refractivity contribution in [3.8, 4) is 5.88 Å². The summed E-state index contributed by atoms with van der Waals surface area (Å²) in [4.78, 5) is 29.5. The average molecular weight is 358 g/mol. The quantitative estimate of drug-likeness (QED) is 0.551. The first kappa shape index (κ1) is 15.8. The van der Waals surface area contributed by atoms with Gasteiger partial charge in [0.25, 0.3) is 0 Å². The van der Waals surface area contributed by atoms with Crippen molar-refractivity contribution in [1.82, 2.24) is 10.0 Å². The van der Waals surface area contributed by atoms with Crippen LogP contribution in [-0.2, 0) is 16.0 Å². The predicted molar refractivity (Wildman–Crippen MR) is 88.6 cm³/mol. The molecule has 3 aliphatic rings. The van der Waals surface area contributed by atoms with E-state index >= 15 is 0 Å². The van der Waals surface area contributed by atoms with Crippen LogP contribution in [-0.4, -0.2) is 51.7 Å². The van der Waals surface area contributed by atoms with E-state index in [1.54, 1.807) is 6.07 Å². The van der Waals surface area contributed by atoms with Gasteiger partial charge >= 0.3 is 11.9 Å². The molecule has 0 bridgehead atoms. The zero-order valence-electron chi connectivity index (χ0n) is 13.8. The fraction of sp³-hybridized carbons (Fsp3) is 0.444. The van der Waals surface area contributed by atoms with Gasteiger partial charge in [-0.25, -0.2) is 9.59 Å². The maximum absolute atomic E-state index is 12.1. The summed E-state index contributed by atoms with van der Waals surface area (Å²) >= 11 is 0. The van der Waals surface area contributed by atoms with Crippen LogP contribution in [0.15, 0.2) is 18.2 Å².